The van der Waals surface area contributed by atoms with Crippen LogP contribution in [-0.4, -0.2) is 34.8 Å². The third-order valence-corrected chi connectivity index (χ3v) is 5.62. The molecule has 0 saturated heterocycles. The predicted molar refractivity (Wildman–Crippen MR) is 52.7 cm³/mol. The Morgan fingerprint density at radius 3 is 2.36 bits per heavy atom. The molecule has 14 heavy (non-hydrogen) atoms. The van der Waals surface area contributed by atoms with Crippen LogP contribution >= 0.6 is 0 Å². The van der Waals surface area contributed by atoms with Crippen molar-refractivity contribution in [2.75, 3.05) is 7.11 Å². The lowest BCUT2D eigenvalue weighted by Gasteiger charge is -2.16. The summed E-state index contributed by atoms with van der Waals surface area (Å²) in [5, 5.41) is -1.10. The lowest BCUT2D eigenvalue weighted by Crippen LogP contribution is -2.29. The van der Waals surface area contributed by atoms with Crippen molar-refractivity contribution in [2.24, 2.45) is 5.92 Å². The molecule has 1 rings (SSSR count). The van der Waals surface area contributed by atoms with Crippen molar-refractivity contribution in [3.8, 4) is 0 Å². The van der Waals surface area contributed by atoms with Crippen LogP contribution < -0.4 is 0 Å². The van der Waals surface area contributed by atoms with Crippen molar-refractivity contribution in [2.45, 2.75) is 30.3 Å². The monoisotopic (exact) mass is 242 g/mol. The Labute approximate surface area is 86.2 Å². The van der Waals surface area contributed by atoms with Crippen LogP contribution in [0, 0.1) is 5.92 Å². The molecule has 1 saturated carbocycles. The van der Waals surface area contributed by atoms with Crippen LogP contribution in [0.25, 0.3) is 0 Å². The molecule has 1 N–H and O–H groups in total. The molecule has 0 bridgehead atoms. The molecule has 4 unspecified atom stereocenters. The van der Waals surface area contributed by atoms with Crippen LogP contribution in [0.4, 0.5) is 0 Å². The highest BCUT2D eigenvalue weighted by atomic mass is 32.2. The Bertz CT molecular complexity index is 323. The molecule has 0 aromatic carbocycles. The Kier molecular flexibility index (Phi) is 3.68. The number of hydrogen-bond acceptors (Lipinski definition) is 4. The highest BCUT2D eigenvalue weighted by Crippen LogP contribution is 2.34. The maximum atomic E-state index is 11.3. The second-order valence-electron chi connectivity index (χ2n) is 3.46. The maximum Gasteiger partial charge on any atom is 0.268 e. The first kappa shape index (κ1) is 12.1. The lowest BCUT2D eigenvalue weighted by atomic mass is 10.1. The van der Waals surface area contributed by atoms with Crippen LogP contribution in [-0.2, 0) is 25.4 Å². The van der Waals surface area contributed by atoms with Gasteiger partial charge < -0.3 is 0 Å². The van der Waals surface area contributed by atoms with E-state index in [2.05, 4.69) is 4.18 Å². The standard InChI is InChI=1S/C7H14O5S2/c1-5-6(13(8)12-2)3-4-7(5)14(9,10)11/h5-7H,3-4H2,1-2H3,(H,9,10,11). The summed E-state index contributed by atoms with van der Waals surface area (Å²) in [6, 6.07) is 0. The van der Waals surface area contributed by atoms with Crippen molar-refractivity contribution in [1.29, 1.82) is 0 Å². The Hall–Kier alpha value is 0.0200. The summed E-state index contributed by atoms with van der Waals surface area (Å²) in [4.78, 5) is 0. The van der Waals surface area contributed by atoms with E-state index < -0.39 is 26.4 Å². The zero-order valence-electron chi connectivity index (χ0n) is 8.04. The molecule has 1 aliphatic carbocycles. The van der Waals surface area contributed by atoms with Gasteiger partial charge in [-0.25, -0.2) is 4.21 Å². The van der Waals surface area contributed by atoms with Gasteiger partial charge in [0.05, 0.1) is 17.6 Å². The first-order chi connectivity index (χ1) is 6.38. The van der Waals surface area contributed by atoms with Crippen LogP contribution in [0.2, 0.25) is 0 Å². The zero-order valence-corrected chi connectivity index (χ0v) is 9.68. The third-order valence-electron chi connectivity index (χ3n) is 2.70. The van der Waals surface area contributed by atoms with Crippen molar-refractivity contribution < 1.29 is 21.4 Å². The maximum absolute atomic E-state index is 11.3. The molecule has 0 aliphatic heterocycles. The van der Waals surface area contributed by atoms with E-state index in [4.69, 9.17) is 4.55 Å². The average molecular weight is 242 g/mol. The molecular formula is C7H14O5S2. The minimum Gasteiger partial charge on any atom is -0.294 e. The van der Waals surface area contributed by atoms with Gasteiger partial charge in [0, 0.05) is 0 Å². The van der Waals surface area contributed by atoms with E-state index in [0.717, 1.165) is 0 Å². The van der Waals surface area contributed by atoms with Crippen LogP contribution in [0.15, 0.2) is 0 Å². The summed E-state index contributed by atoms with van der Waals surface area (Å²) >= 11 is -1.46. The molecule has 0 amide bonds. The largest absolute Gasteiger partial charge is 0.294 e. The molecule has 0 aromatic heterocycles. The average Bonchev–Trinajstić information content (AvgIpc) is 2.45. The van der Waals surface area contributed by atoms with E-state index in [1.807, 2.05) is 0 Å². The predicted octanol–water partition coefficient (Wildman–Crippen LogP) is 0.351. The molecule has 84 valence electrons. The summed E-state index contributed by atoms with van der Waals surface area (Å²) in [6.07, 6.45) is 0.853. The molecule has 0 radical (unpaired) electrons. The molecule has 0 spiro atoms. The Morgan fingerprint density at radius 2 is 2.00 bits per heavy atom. The van der Waals surface area contributed by atoms with E-state index in [1.54, 1.807) is 6.92 Å². The van der Waals surface area contributed by atoms with Gasteiger partial charge in [-0.3, -0.25) is 8.74 Å². The molecule has 0 heterocycles. The molecular weight excluding hydrogens is 228 g/mol. The number of rotatable bonds is 3. The highest BCUT2D eigenvalue weighted by molar-refractivity contribution is 7.86. The van der Waals surface area contributed by atoms with Gasteiger partial charge in [0.15, 0.2) is 11.1 Å². The van der Waals surface area contributed by atoms with Crippen molar-refractivity contribution in [3.05, 3.63) is 0 Å². The number of hydrogen-bond donors (Lipinski definition) is 1. The van der Waals surface area contributed by atoms with Gasteiger partial charge in [0.25, 0.3) is 10.1 Å². The fourth-order valence-corrected chi connectivity index (χ4v) is 4.29. The summed E-state index contributed by atoms with van der Waals surface area (Å²) in [5.74, 6) is -0.328. The van der Waals surface area contributed by atoms with Gasteiger partial charge in [-0.1, -0.05) is 6.92 Å². The summed E-state index contributed by atoms with van der Waals surface area (Å²) < 4.78 is 46.7. The zero-order chi connectivity index (χ0) is 10.9. The molecule has 1 aliphatic rings. The van der Waals surface area contributed by atoms with Crippen LogP contribution in [0.5, 0.6) is 0 Å². The van der Waals surface area contributed by atoms with Gasteiger partial charge >= 0.3 is 0 Å². The SMILES string of the molecule is COS(=O)C1CCC(S(=O)(=O)O)C1C. The summed E-state index contributed by atoms with van der Waals surface area (Å²) in [6.45, 7) is 1.67. The second kappa shape index (κ2) is 4.26. The van der Waals surface area contributed by atoms with Gasteiger partial charge in [-0.2, -0.15) is 8.42 Å². The van der Waals surface area contributed by atoms with Gasteiger partial charge in [-0.05, 0) is 18.8 Å². The van der Waals surface area contributed by atoms with E-state index >= 15 is 0 Å². The molecule has 4 atom stereocenters. The molecule has 5 nitrogen and oxygen atoms in total. The summed E-state index contributed by atoms with van der Waals surface area (Å²) in [7, 11) is -2.69. The normalized spacial score (nSPS) is 35.8. The van der Waals surface area contributed by atoms with E-state index in [1.165, 1.54) is 7.11 Å². The van der Waals surface area contributed by atoms with Gasteiger partial charge in [0.2, 0.25) is 0 Å². The van der Waals surface area contributed by atoms with E-state index in [0.29, 0.717) is 12.8 Å². The first-order valence-corrected chi connectivity index (χ1v) is 6.93. The lowest BCUT2D eigenvalue weighted by molar-refractivity contribution is 0.421. The van der Waals surface area contributed by atoms with E-state index in [9.17, 15) is 12.6 Å². The second-order valence-corrected chi connectivity index (χ2v) is 6.55. The van der Waals surface area contributed by atoms with Crippen molar-refractivity contribution in [1.82, 2.24) is 0 Å². The van der Waals surface area contributed by atoms with E-state index in [-0.39, 0.29) is 11.2 Å². The Morgan fingerprint density at radius 1 is 1.43 bits per heavy atom. The van der Waals surface area contributed by atoms with Gasteiger partial charge in [0.1, 0.15) is 0 Å². The fourth-order valence-electron chi connectivity index (χ4n) is 1.91. The topological polar surface area (TPSA) is 80.7 Å². The minimum atomic E-state index is -4.02. The Balaban J connectivity index is 2.79. The highest BCUT2D eigenvalue weighted by Gasteiger charge is 2.43. The van der Waals surface area contributed by atoms with Crippen LogP contribution in [0.1, 0.15) is 19.8 Å². The molecule has 1 fully saturated rings. The molecule has 0 aromatic rings. The quantitative estimate of drug-likeness (QED) is 0.722. The fraction of sp³-hybridized carbons (Fsp3) is 1.00. The minimum absolute atomic E-state index is 0.299. The van der Waals surface area contributed by atoms with Crippen LogP contribution in [0.3, 0.4) is 0 Å². The smallest absolute Gasteiger partial charge is 0.268 e. The summed E-state index contributed by atoms with van der Waals surface area (Å²) in [5.41, 5.74) is 0. The first-order valence-electron chi connectivity index (χ1n) is 4.29. The van der Waals surface area contributed by atoms with Crippen molar-refractivity contribution >= 4 is 21.2 Å². The van der Waals surface area contributed by atoms with Crippen molar-refractivity contribution in [3.63, 3.8) is 0 Å². The van der Waals surface area contributed by atoms with Gasteiger partial charge in [-0.15, -0.1) is 0 Å². The third kappa shape index (κ3) is 2.33. The molecule has 7 heteroatoms.